The monoisotopic (exact) mass is 243 g/mol. The molecule has 5 heteroatoms. The average molecular weight is 244 g/mol. The van der Waals surface area contributed by atoms with Crippen LogP contribution in [0.25, 0.3) is 0 Å². The number of aryl methyl sites for hydroxylation is 1. The van der Waals surface area contributed by atoms with E-state index in [1.54, 1.807) is 6.92 Å². The number of nitrogen functional groups attached to an aromatic ring is 1. The van der Waals surface area contributed by atoms with Crippen LogP contribution in [0.15, 0.2) is 0 Å². The summed E-state index contributed by atoms with van der Waals surface area (Å²) < 4.78 is 5.48. The fraction of sp³-hybridized carbons (Fsp3) is 0.636. The molecule has 90 valence electrons. The molecule has 0 aliphatic rings. The van der Waals surface area contributed by atoms with Gasteiger partial charge in [-0.05, 0) is 24.9 Å². The van der Waals surface area contributed by atoms with Crippen molar-refractivity contribution >= 4 is 17.3 Å². The maximum absolute atomic E-state index is 5.78. The van der Waals surface area contributed by atoms with Crippen LogP contribution < -0.4 is 10.5 Å². The highest BCUT2D eigenvalue weighted by Gasteiger charge is 2.08. The third-order valence-corrected chi connectivity index (χ3v) is 2.48. The molecule has 0 saturated heterocycles. The van der Waals surface area contributed by atoms with Gasteiger partial charge in [0.1, 0.15) is 5.69 Å². The fourth-order valence-corrected chi connectivity index (χ4v) is 1.53. The lowest BCUT2D eigenvalue weighted by atomic mass is 10.2. The van der Waals surface area contributed by atoms with E-state index in [-0.39, 0.29) is 5.28 Å². The number of aromatic nitrogens is 2. The summed E-state index contributed by atoms with van der Waals surface area (Å²) in [5.74, 6) is 0.397. The smallest absolute Gasteiger partial charge is 0.241 e. The number of nitrogens with two attached hydrogens (primary N) is 1. The second-order valence-electron chi connectivity index (χ2n) is 3.71. The highest BCUT2D eigenvalue weighted by atomic mass is 35.5. The second kappa shape index (κ2) is 6.53. The standard InChI is InChI=1S/C11H18ClN3O/c1-3-4-5-6-7-16-10-9(13)8(2)14-11(12)15-10/h3-7,13H2,1-2H3. The Kier molecular flexibility index (Phi) is 5.32. The normalized spacial score (nSPS) is 10.4. The SMILES string of the molecule is CCCCCCOc1nc(Cl)nc(C)c1N. The number of halogens is 1. The van der Waals surface area contributed by atoms with E-state index in [0.717, 1.165) is 12.8 Å². The van der Waals surface area contributed by atoms with Gasteiger partial charge in [-0.1, -0.05) is 26.2 Å². The molecule has 1 heterocycles. The zero-order chi connectivity index (χ0) is 12.0. The van der Waals surface area contributed by atoms with Gasteiger partial charge in [0.15, 0.2) is 0 Å². The Morgan fingerprint density at radius 2 is 2.00 bits per heavy atom. The minimum Gasteiger partial charge on any atom is -0.476 e. The van der Waals surface area contributed by atoms with Crippen LogP contribution in [-0.4, -0.2) is 16.6 Å². The van der Waals surface area contributed by atoms with Crippen LogP contribution in [0, 0.1) is 6.92 Å². The molecule has 0 aromatic carbocycles. The van der Waals surface area contributed by atoms with Gasteiger partial charge in [0.25, 0.3) is 0 Å². The predicted octanol–water partition coefficient (Wildman–Crippen LogP) is 2.98. The number of unbranched alkanes of at least 4 members (excludes halogenated alkanes) is 3. The molecule has 1 rings (SSSR count). The Labute approximate surface area is 101 Å². The van der Waals surface area contributed by atoms with E-state index in [1.165, 1.54) is 12.8 Å². The molecule has 0 aliphatic heterocycles. The van der Waals surface area contributed by atoms with Gasteiger partial charge in [-0.25, -0.2) is 4.98 Å². The lowest BCUT2D eigenvalue weighted by molar-refractivity contribution is 0.295. The zero-order valence-electron chi connectivity index (χ0n) is 9.79. The van der Waals surface area contributed by atoms with Crippen LogP contribution in [0.5, 0.6) is 5.88 Å². The quantitative estimate of drug-likeness (QED) is 0.616. The first-order valence-corrected chi connectivity index (χ1v) is 5.95. The summed E-state index contributed by atoms with van der Waals surface area (Å²) in [6.07, 6.45) is 4.60. The maximum atomic E-state index is 5.78. The van der Waals surface area contributed by atoms with Crippen molar-refractivity contribution in [1.29, 1.82) is 0 Å². The number of ether oxygens (including phenoxy) is 1. The van der Waals surface area contributed by atoms with Crippen molar-refractivity contribution in [3.05, 3.63) is 11.0 Å². The minimum absolute atomic E-state index is 0.176. The Morgan fingerprint density at radius 1 is 1.25 bits per heavy atom. The molecule has 2 N–H and O–H groups in total. The van der Waals surface area contributed by atoms with E-state index < -0.39 is 0 Å². The Balaban J connectivity index is 2.47. The average Bonchev–Trinajstić information content (AvgIpc) is 2.24. The van der Waals surface area contributed by atoms with Gasteiger partial charge in [-0.3, -0.25) is 0 Å². The Bertz CT molecular complexity index is 344. The van der Waals surface area contributed by atoms with Gasteiger partial charge < -0.3 is 10.5 Å². The number of anilines is 1. The van der Waals surface area contributed by atoms with E-state index in [2.05, 4.69) is 16.9 Å². The Morgan fingerprint density at radius 3 is 2.69 bits per heavy atom. The molecule has 16 heavy (non-hydrogen) atoms. The Hall–Kier alpha value is -1.03. The molecule has 4 nitrogen and oxygen atoms in total. The van der Waals surface area contributed by atoms with Crippen LogP contribution in [-0.2, 0) is 0 Å². The van der Waals surface area contributed by atoms with Crippen LogP contribution in [0.1, 0.15) is 38.3 Å². The van der Waals surface area contributed by atoms with E-state index >= 15 is 0 Å². The van der Waals surface area contributed by atoms with Gasteiger partial charge in [0, 0.05) is 0 Å². The number of hydrogen-bond acceptors (Lipinski definition) is 4. The molecule has 1 aromatic rings. The van der Waals surface area contributed by atoms with Crippen LogP contribution in [0.3, 0.4) is 0 Å². The van der Waals surface area contributed by atoms with Crippen LogP contribution in [0.4, 0.5) is 5.69 Å². The molecule has 0 amide bonds. The molecular formula is C11H18ClN3O. The molecule has 0 atom stereocenters. The van der Waals surface area contributed by atoms with Crippen molar-refractivity contribution < 1.29 is 4.74 Å². The van der Waals surface area contributed by atoms with Gasteiger partial charge >= 0.3 is 0 Å². The summed E-state index contributed by atoms with van der Waals surface area (Å²) in [6.45, 7) is 4.58. The topological polar surface area (TPSA) is 61.0 Å². The molecule has 0 aliphatic carbocycles. The van der Waals surface area contributed by atoms with Gasteiger partial charge in [-0.2, -0.15) is 4.98 Å². The summed E-state index contributed by atoms with van der Waals surface area (Å²) in [4.78, 5) is 7.90. The minimum atomic E-state index is 0.176. The lowest BCUT2D eigenvalue weighted by Gasteiger charge is -2.09. The van der Waals surface area contributed by atoms with Gasteiger partial charge in [-0.15, -0.1) is 0 Å². The summed E-state index contributed by atoms with van der Waals surface area (Å²) in [5.41, 5.74) is 6.91. The predicted molar refractivity (Wildman–Crippen MR) is 65.8 cm³/mol. The summed E-state index contributed by atoms with van der Waals surface area (Å²) in [7, 11) is 0. The van der Waals surface area contributed by atoms with Crippen LogP contribution >= 0.6 is 11.6 Å². The van der Waals surface area contributed by atoms with Crippen molar-refractivity contribution in [2.75, 3.05) is 12.3 Å². The summed E-state index contributed by atoms with van der Waals surface area (Å²) in [5, 5.41) is 0.176. The highest BCUT2D eigenvalue weighted by Crippen LogP contribution is 2.22. The molecule has 0 saturated carbocycles. The summed E-state index contributed by atoms with van der Waals surface area (Å²) >= 11 is 5.73. The van der Waals surface area contributed by atoms with E-state index in [4.69, 9.17) is 22.1 Å². The highest BCUT2D eigenvalue weighted by molar-refractivity contribution is 6.28. The van der Waals surface area contributed by atoms with Gasteiger partial charge in [0.2, 0.25) is 11.2 Å². The number of nitrogens with zero attached hydrogens (tertiary/aromatic N) is 2. The molecule has 0 spiro atoms. The molecule has 0 radical (unpaired) electrons. The first-order chi connectivity index (χ1) is 7.65. The van der Waals surface area contributed by atoms with Crippen molar-refractivity contribution in [2.45, 2.75) is 39.5 Å². The van der Waals surface area contributed by atoms with Crippen molar-refractivity contribution in [1.82, 2.24) is 9.97 Å². The van der Waals surface area contributed by atoms with Gasteiger partial charge in [0.05, 0.1) is 12.3 Å². The zero-order valence-corrected chi connectivity index (χ0v) is 10.5. The molecule has 0 unspecified atom stereocenters. The van der Waals surface area contributed by atoms with Crippen LogP contribution in [0.2, 0.25) is 5.28 Å². The number of hydrogen-bond donors (Lipinski definition) is 1. The van der Waals surface area contributed by atoms with E-state index in [0.29, 0.717) is 23.9 Å². The summed E-state index contributed by atoms with van der Waals surface area (Å²) in [6, 6.07) is 0. The molecular weight excluding hydrogens is 226 g/mol. The third-order valence-electron chi connectivity index (χ3n) is 2.31. The first kappa shape index (κ1) is 13.0. The van der Waals surface area contributed by atoms with Crippen molar-refractivity contribution in [3.63, 3.8) is 0 Å². The largest absolute Gasteiger partial charge is 0.476 e. The van der Waals surface area contributed by atoms with Crippen molar-refractivity contribution in [2.24, 2.45) is 0 Å². The third kappa shape index (κ3) is 3.85. The first-order valence-electron chi connectivity index (χ1n) is 5.57. The van der Waals surface area contributed by atoms with E-state index in [1.807, 2.05) is 0 Å². The molecule has 0 bridgehead atoms. The second-order valence-corrected chi connectivity index (χ2v) is 4.04. The lowest BCUT2D eigenvalue weighted by Crippen LogP contribution is -2.05. The van der Waals surface area contributed by atoms with E-state index in [9.17, 15) is 0 Å². The number of rotatable bonds is 6. The maximum Gasteiger partial charge on any atom is 0.241 e. The molecule has 0 fully saturated rings. The molecule has 1 aromatic heterocycles. The fourth-order valence-electron chi connectivity index (χ4n) is 1.33. The van der Waals surface area contributed by atoms with Crippen molar-refractivity contribution in [3.8, 4) is 5.88 Å².